The predicted octanol–water partition coefficient (Wildman–Crippen LogP) is 2.82. The third-order valence-electron chi connectivity index (χ3n) is 3.61. The SMILES string of the molecule is COc1ccc(CNC(=O)/C(C#N)=C\NCc2cccc(C)c2)cc1. The maximum atomic E-state index is 12.1. The van der Waals surface area contributed by atoms with E-state index in [0.29, 0.717) is 13.1 Å². The zero-order chi connectivity index (χ0) is 18.1. The molecule has 2 aromatic carbocycles. The average Bonchev–Trinajstić information content (AvgIpc) is 2.64. The van der Waals surface area contributed by atoms with E-state index in [-0.39, 0.29) is 5.57 Å². The van der Waals surface area contributed by atoms with Gasteiger partial charge >= 0.3 is 0 Å². The van der Waals surface area contributed by atoms with E-state index < -0.39 is 5.91 Å². The van der Waals surface area contributed by atoms with Crippen LogP contribution in [0.2, 0.25) is 0 Å². The van der Waals surface area contributed by atoms with Gasteiger partial charge in [0.2, 0.25) is 0 Å². The summed E-state index contributed by atoms with van der Waals surface area (Å²) in [7, 11) is 1.60. The first-order valence-corrected chi connectivity index (χ1v) is 7.92. The lowest BCUT2D eigenvalue weighted by molar-refractivity contribution is -0.117. The molecular formula is C20H21N3O2. The zero-order valence-electron chi connectivity index (χ0n) is 14.4. The Bertz CT molecular complexity index is 789. The van der Waals surface area contributed by atoms with Crippen LogP contribution in [0.1, 0.15) is 16.7 Å². The molecule has 2 aromatic rings. The molecule has 0 spiro atoms. The highest BCUT2D eigenvalue weighted by Crippen LogP contribution is 2.11. The summed E-state index contributed by atoms with van der Waals surface area (Å²) in [4.78, 5) is 12.1. The average molecular weight is 335 g/mol. The highest BCUT2D eigenvalue weighted by molar-refractivity contribution is 5.97. The topological polar surface area (TPSA) is 74.1 Å². The van der Waals surface area contributed by atoms with Gasteiger partial charge in [-0.15, -0.1) is 0 Å². The van der Waals surface area contributed by atoms with Crippen molar-refractivity contribution in [3.63, 3.8) is 0 Å². The number of carbonyl (C=O) groups is 1. The van der Waals surface area contributed by atoms with Crippen LogP contribution < -0.4 is 15.4 Å². The van der Waals surface area contributed by atoms with Crippen molar-refractivity contribution in [2.45, 2.75) is 20.0 Å². The Morgan fingerprint density at radius 2 is 1.92 bits per heavy atom. The number of amides is 1. The summed E-state index contributed by atoms with van der Waals surface area (Å²) in [5, 5.41) is 14.9. The third-order valence-corrected chi connectivity index (χ3v) is 3.61. The van der Waals surface area contributed by atoms with Crippen LogP contribution in [0.15, 0.2) is 60.3 Å². The van der Waals surface area contributed by atoms with Crippen LogP contribution in [-0.2, 0) is 17.9 Å². The van der Waals surface area contributed by atoms with Gasteiger partial charge in [-0.05, 0) is 30.2 Å². The van der Waals surface area contributed by atoms with E-state index in [2.05, 4.69) is 16.7 Å². The predicted molar refractivity (Wildman–Crippen MR) is 96.6 cm³/mol. The monoisotopic (exact) mass is 335 g/mol. The fourth-order valence-electron chi connectivity index (χ4n) is 2.26. The maximum Gasteiger partial charge on any atom is 0.263 e. The van der Waals surface area contributed by atoms with E-state index >= 15 is 0 Å². The molecule has 128 valence electrons. The van der Waals surface area contributed by atoms with Crippen LogP contribution in [0.25, 0.3) is 0 Å². The van der Waals surface area contributed by atoms with Crippen LogP contribution >= 0.6 is 0 Å². The molecule has 0 aliphatic heterocycles. The summed E-state index contributed by atoms with van der Waals surface area (Å²) in [6, 6.07) is 17.3. The second-order valence-electron chi connectivity index (χ2n) is 5.57. The quantitative estimate of drug-likeness (QED) is 0.603. The molecule has 2 rings (SSSR count). The molecule has 1 amide bonds. The van der Waals surface area contributed by atoms with Gasteiger partial charge in [-0.1, -0.05) is 42.0 Å². The number of nitrogens with one attached hydrogen (secondary N) is 2. The number of hydrogen-bond acceptors (Lipinski definition) is 4. The first-order valence-electron chi connectivity index (χ1n) is 7.92. The molecule has 5 nitrogen and oxygen atoms in total. The number of hydrogen-bond donors (Lipinski definition) is 2. The minimum Gasteiger partial charge on any atom is -0.497 e. The molecule has 0 heterocycles. The molecule has 0 fully saturated rings. The van der Waals surface area contributed by atoms with Gasteiger partial charge in [-0.2, -0.15) is 5.26 Å². The van der Waals surface area contributed by atoms with Crippen molar-refractivity contribution < 1.29 is 9.53 Å². The normalized spacial score (nSPS) is 10.7. The van der Waals surface area contributed by atoms with E-state index in [4.69, 9.17) is 10.00 Å². The molecule has 0 atom stereocenters. The van der Waals surface area contributed by atoms with Gasteiger partial charge in [0.15, 0.2) is 0 Å². The van der Waals surface area contributed by atoms with Crippen LogP contribution in [0.3, 0.4) is 0 Å². The van der Waals surface area contributed by atoms with E-state index in [9.17, 15) is 4.79 Å². The second kappa shape index (κ2) is 9.14. The van der Waals surface area contributed by atoms with Crippen LogP contribution in [0.4, 0.5) is 0 Å². The molecule has 0 bridgehead atoms. The van der Waals surface area contributed by atoms with Crippen LogP contribution in [0, 0.1) is 18.3 Å². The Morgan fingerprint density at radius 3 is 2.56 bits per heavy atom. The van der Waals surface area contributed by atoms with Gasteiger partial charge in [0.1, 0.15) is 17.4 Å². The summed E-state index contributed by atoms with van der Waals surface area (Å²) in [6.45, 7) is 2.92. The van der Waals surface area contributed by atoms with E-state index in [1.807, 2.05) is 55.5 Å². The Labute approximate surface area is 147 Å². The molecule has 0 aliphatic carbocycles. The van der Waals surface area contributed by atoms with Gasteiger partial charge in [0.25, 0.3) is 5.91 Å². The molecule has 0 radical (unpaired) electrons. The zero-order valence-corrected chi connectivity index (χ0v) is 14.4. The second-order valence-corrected chi connectivity index (χ2v) is 5.57. The van der Waals surface area contributed by atoms with Crippen molar-refractivity contribution in [2.75, 3.05) is 7.11 Å². The molecule has 0 saturated carbocycles. The van der Waals surface area contributed by atoms with Gasteiger partial charge in [0, 0.05) is 19.3 Å². The molecule has 25 heavy (non-hydrogen) atoms. The number of nitrogens with zero attached hydrogens (tertiary/aromatic N) is 1. The lowest BCUT2D eigenvalue weighted by atomic mass is 10.1. The van der Waals surface area contributed by atoms with Crippen molar-refractivity contribution in [2.24, 2.45) is 0 Å². The largest absolute Gasteiger partial charge is 0.497 e. The highest BCUT2D eigenvalue weighted by Gasteiger charge is 2.08. The number of carbonyl (C=O) groups excluding carboxylic acids is 1. The molecule has 2 N–H and O–H groups in total. The first-order chi connectivity index (χ1) is 12.1. The van der Waals surface area contributed by atoms with Gasteiger partial charge in [-0.25, -0.2) is 0 Å². The van der Waals surface area contributed by atoms with Crippen molar-refractivity contribution in [3.05, 3.63) is 77.0 Å². The molecule has 0 aromatic heterocycles. The molecule has 0 unspecified atom stereocenters. The van der Waals surface area contributed by atoms with Gasteiger partial charge in [-0.3, -0.25) is 4.79 Å². The summed E-state index contributed by atoms with van der Waals surface area (Å²) in [5.41, 5.74) is 3.23. The van der Waals surface area contributed by atoms with Gasteiger partial charge < -0.3 is 15.4 Å². The van der Waals surface area contributed by atoms with Crippen molar-refractivity contribution >= 4 is 5.91 Å². The minimum atomic E-state index is -0.407. The Balaban J connectivity index is 1.87. The summed E-state index contributed by atoms with van der Waals surface area (Å²) in [5.74, 6) is 0.350. The molecule has 5 heteroatoms. The lowest BCUT2D eigenvalue weighted by Gasteiger charge is -2.07. The fourth-order valence-corrected chi connectivity index (χ4v) is 2.26. The Morgan fingerprint density at radius 1 is 1.16 bits per heavy atom. The number of methoxy groups -OCH3 is 1. The fraction of sp³-hybridized carbons (Fsp3) is 0.200. The van der Waals surface area contributed by atoms with Crippen molar-refractivity contribution in [1.29, 1.82) is 5.26 Å². The van der Waals surface area contributed by atoms with E-state index in [1.165, 1.54) is 11.8 Å². The van der Waals surface area contributed by atoms with E-state index in [1.54, 1.807) is 7.11 Å². The van der Waals surface area contributed by atoms with Crippen LogP contribution in [0.5, 0.6) is 5.75 Å². The molecular weight excluding hydrogens is 314 g/mol. The molecule has 0 aliphatic rings. The molecule has 0 saturated heterocycles. The maximum absolute atomic E-state index is 12.1. The van der Waals surface area contributed by atoms with Crippen LogP contribution in [-0.4, -0.2) is 13.0 Å². The minimum absolute atomic E-state index is 0.0427. The highest BCUT2D eigenvalue weighted by atomic mass is 16.5. The summed E-state index contributed by atoms with van der Waals surface area (Å²) in [6.07, 6.45) is 1.45. The number of rotatable bonds is 7. The summed E-state index contributed by atoms with van der Waals surface area (Å²) < 4.78 is 5.09. The van der Waals surface area contributed by atoms with Gasteiger partial charge in [0.05, 0.1) is 7.11 Å². The smallest absolute Gasteiger partial charge is 0.263 e. The number of nitriles is 1. The number of aryl methyl sites for hydroxylation is 1. The van der Waals surface area contributed by atoms with Crippen molar-refractivity contribution in [1.82, 2.24) is 10.6 Å². The standard InChI is InChI=1S/C20H21N3O2/c1-15-4-3-5-17(10-15)12-22-14-18(11-21)20(24)23-13-16-6-8-19(25-2)9-7-16/h3-10,14,22H,12-13H2,1-2H3,(H,23,24)/b18-14-. The Hall–Kier alpha value is -3.26. The summed E-state index contributed by atoms with van der Waals surface area (Å²) >= 11 is 0. The third kappa shape index (κ3) is 5.70. The number of benzene rings is 2. The number of ether oxygens (including phenoxy) is 1. The lowest BCUT2D eigenvalue weighted by Crippen LogP contribution is -2.25. The first kappa shape index (κ1) is 18.1. The Kier molecular flexibility index (Phi) is 6.61. The van der Waals surface area contributed by atoms with Crippen molar-refractivity contribution in [3.8, 4) is 11.8 Å². The van der Waals surface area contributed by atoms with E-state index in [0.717, 1.165) is 16.9 Å².